The first kappa shape index (κ1) is 12.9. The fourth-order valence-corrected chi connectivity index (χ4v) is 2.64. The second-order valence-corrected chi connectivity index (χ2v) is 5.42. The van der Waals surface area contributed by atoms with Crippen LogP contribution in [0.2, 0.25) is 0 Å². The first-order chi connectivity index (χ1) is 9.65. The number of fused-ring (bicyclic) bond motifs is 1. The maximum Gasteiger partial charge on any atom is 0.193 e. The fraction of sp³-hybridized carbons (Fsp3) is 0.278. The third-order valence-electron chi connectivity index (χ3n) is 3.81. The van der Waals surface area contributed by atoms with Gasteiger partial charge in [0.25, 0.3) is 0 Å². The summed E-state index contributed by atoms with van der Waals surface area (Å²) in [6, 6.07) is 11.8. The van der Waals surface area contributed by atoms with E-state index in [1.807, 2.05) is 50.2 Å². The minimum Gasteiger partial charge on any atom is -0.493 e. The van der Waals surface area contributed by atoms with Crippen LogP contribution in [0.5, 0.6) is 5.75 Å². The van der Waals surface area contributed by atoms with Gasteiger partial charge in [-0.25, -0.2) is 0 Å². The van der Waals surface area contributed by atoms with E-state index in [2.05, 4.69) is 0 Å². The highest BCUT2D eigenvalue weighted by molar-refractivity contribution is 6.10. The van der Waals surface area contributed by atoms with E-state index >= 15 is 0 Å². The standard InChI is InChI=1S/C18H18O2/c1-12-5-6-13(2)16(10-12)18(19)15-7-8-17-14(11-15)4-3-9-20-17/h5-8,10-11H,3-4,9H2,1-2H3. The molecule has 1 heterocycles. The summed E-state index contributed by atoms with van der Waals surface area (Å²) >= 11 is 0. The van der Waals surface area contributed by atoms with Gasteiger partial charge in [0.05, 0.1) is 6.61 Å². The topological polar surface area (TPSA) is 26.3 Å². The number of ether oxygens (including phenoxy) is 1. The number of benzene rings is 2. The number of hydrogen-bond donors (Lipinski definition) is 0. The van der Waals surface area contributed by atoms with E-state index in [0.29, 0.717) is 0 Å². The van der Waals surface area contributed by atoms with Crippen molar-refractivity contribution in [3.63, 3.8) is 0 Å². The molecule has 1 aliphatic rings. The SMILES string of the molecule is Cc1ccc(C)c(C(=O)c2ccc3c(c2)CCCO3)c1. The van der Waals surface area contributed by atoms with Gasteiger partial charge in [-0.15, -0.1) is 0 Å². The minimum absolute atomic E-state index is 0.0968. The molecule has 0 amide bonds. The van der Waals surface area contributed by atoms with Crippen LogP contribution in [-0.2, 0) is 6.42 Å². The maximum absolute atomic E-state index is 12.7. The number of rotatable bonds is 2. The molecule has 0 aromatic heterocycles. The lowest BCUT2D eigenvalue weighted by molar-refractivity contribution is 0.103. The smallest absolute Gasteiger partial charge is 0.193 e. The van der Waals surface area contributed by atoms with Crippen LogP contribution in [0.25, 0.3) is 0 Å². The van der Waals surface area contributed by atoms with Crippen molar-refractivity contribution in [1.29, 1.82) is 0 Å². The van der Waals surface area contributed by atoms with Crippen molar-refractivity contribution in [2.45, 2.75) is 26.7 Å². The molecular weight excluding hydrogens is 248 g/mol. The molecule has 102 valence electrons. The Morgan fingerprint density at radius 3 is 2.80 bits per heavy atom. The molecule has 2 aromatic rings. The van der Waals surface area contributed by atoms with Crippen LogP contribution in [0, 0.1) is 13.8 Å². The molecule has 0 fully saturated rings. The van der Waals surface area contributed by atoms with Gasteiger partial charge in [-0.05, 0) is 62.1 Å². The van der Waals surface area contributed by atoms with Gasteiger partial charge in [-0.1, -0.05) is 17.7 Å². The molecular formula is C18H18O2. The van der Waals surface area contributed by atoms with Crippen molar-refractivity contribution in [3.8, 4) is 5.75 Å². The monoisotopic (exact) mass is 266 g/mol. The molecule has 1 aliphatic heterocycles. The lowest BCUT2D eigenvalue weighted by atomic mass is 9.95. The number of carbonyl (C=O) groups excluding carboxylic acids is 1. The van der Waals surface area contributed by atoms with E-state index in [-0.39, 0.29) is 5.78 Å². The zero-order valence-electron chi connectivity index (χ0n) is 11.9. The number of aryl methyl sites for hydroxylation is 3. The Bertz CT molecular complexity index is 671. The lowest BCUT2D eigenvalue weighted by Gasteiger charge is -2.17. The van der Waals surface area contributed by atoms with Crippen molar-refractivity contribution in [1.82, 2.24) is 0 Å². The van der Waals surface area contributed by atoms with E-state index < -0.39 is 0 Å². The molecule has 2 nitrogen and oxygen atoms in total. The fourth-order valence-electron chi connectivity index (χ4n) is 2.64. The van der Waals surface area contributed by atoms with E-state index in [1.165, 1.54) is 0 Å². The van der Waals surface area contributed by atoms with Crippen LogP contribution in [0.3, 0.4) is 0 Å². The number of carbonyl (C=O) groups is 1. The highest BCUT2D eigenvalue weighted by Gasteiger charge is 2.16. The van der Waals surface area contributed by atoms with Gasteiger partial charge < -0.3 is 4.74 Å². The van der Waals surface area contributed by atoms with Crippen LogP contribution < -0.4 is 4.74 Å². The lowest BCUT2D eigenvalue weighted by Crippen LogP contribution is -2.10. The van der Waals surface area contributed by atoms with Crippen LogP contribution in [0.4, 0.5) is 0 Å². The van der Waals surface area contributed by atoms with Gasteiger partial charge in [0, 0.05) is 11.1 Å². The molecule has 0 atom stereocenters. The Morgan fingerprint density at radius 1 is 1.10 bits per heavy atom. The molecule has 0 aliphatic carbocycles. The van der Waals surface area contributed by atoms with Crippen molar-refractivity contribution in [2.75, 3.05) is 6.61 Å². The largest absolute Gasteiger partial charge is 0.493 e. The molecule has 0 spiro atoms. The Hall–Kier alpha value is -2.09. The van der Waals surface area contributed by atoms with E-state index in [9.17, 15) is 4.79 Å². The predicted molar refractivity (Wildman–Crippen MR) is 79.6 cm³/mol. The number of ketones is 1. The first-order valence-corrected chi connectivity index (χ1v) is 7.03. The van der Waals surface area contributed by atoms with Crippen molar-refractivity contribution >= 4 is 5.78 Å². The van der Waals surface area contributed by atoms with E-state index in [1.54, 1.807) is 0 Å². The Kier molecular flexibility index (Phi) is 3.31. The van der Waals surface area contributed by atoms with Gasteiger partial charge in [-0.2, -0.15) is 0 Å². The van der Waals surface area contributed by atoms with Crippen LogP contribution >= 0.6 is 0 Å². The van der Waals surface area contributed by atoms with Crippen molar-refractivity contribution in [3.05, 3.63) is 64.2 Å². The molecule has 0 saturated carbocycles. The third-order valence-corrected chi connectivity index (χ3v) is 3.81. The zero-order valence-corrected chi connectivity index (χ0v) is 11.9. The van der Waals surface area contributed by atoms with E-state index in [4.69, 9.17) is 4.74 Å². The summed E-state index contributed by atoms with van der Waals surface area (Å²) in [7, 11) is 0. The molecule has 0 radical (unpaired) electrons. The summed E-state index contributed by atoms with van der Waals surface area (Å²) in [5.41, 5.74) is 4.83. The van der Waals surface area contributed by atoms with Crippen LogP contribution in [0.1, 0.15) is 39.0 Å². The summed E-state index contributed by atoms with van der Waals surface area (Å²) in [6.07, 6.45) is 2.01. The van der Waals surface area contributed by atoms with Crippen LogP contribution in [0.15, 0.2) is 36.4 Å². The van der Waals surface area contributed by atoms with Crippen LogP contribution in [-0.4, -0.2) is 12.4 Å². The van der Waals surface area contributed by atoms with E-state index in [0.717, 1.165) is 53.0 Å². The average Bonchev–Trinajstić information content (AvgIpc) is 2.48. The van der Waals surface area contributed by atoms with Gasteiger partial charge in [-0.3, -0.25) is 4.79 Å². The summed E-state index contributed by atoms with van der Waals surface area (Å²) in [5, 5.41) is 0. The summed E-state index contributed by atoms with van der Waals surface area (Å²) in [6.45, 7) is 4.77. The Morgan fingerprint density at radius 2 is 1.95 bits per heavy atom. The normalized spacial score (nSPS) is 13.5. The zero-order chi connectivity index (χ0) is 14.1. The maximum atomic E-state index is 12.7. The Labute approximate surface area is 119 Å². The highest BCUT2D eigenvalue weighted by atomic mass is 16.5. The predicted octanol–water partition coefficient (Wildman–Crippen LogP) is 3.86. The third kappa shape index (κ3) is 2.34. The highest BCUT2D eigenvalue weighted by Crippen LogP contribution is 2.27. The minimum atomic E-state index is 0.0968. The second kappa shape index (κ2) is 5.12. The Balaban J connectivity index is 2.00. The molecule has 3 rings (SSSR count). The number of hydrogen-bond acceptors (Lipinski definition) is 2. The summed E-state index contributed by atoms with van der Waals surface area (Å²) < 4.78 is 5.60. The molecule has 20 heavy (non-hydrogen) atoms. The molecule has 0 saturated heterocycles. The van der Waals surface area contributed by atoms with Crippen molar-refractivity contribution in [2.24, 2.45) is 0 Å². The molecule has 2 aromatic carbocycles. The average molecular weight is 266 g/mol. The molecule has 2 heteroatoms. The molecule has 0 unspecified atom stereocenters. The van der Waals surface area contributed by atoms with Gasteiger partial charge in [0.1, 0.15) is 5.75 Å². The quantitative estimate of drug-likeness (QED) is 0.771. The summed E-state index contributed by atoms with van der Waals surface area (Å²) in [5.74, 6) is 1.02. The molecule has 0 N–H and O–H groups in total. The van der Waals surface area contributed by atoms with Crippen molar-refractivity contribution < 1.29 is 9.53 Å². The first-order valence-electron chi connectivity index (χ1n) is 7.03. The van der Waals surface area contributed by atoms with Gasteiger partial charge in [0.15, 0.2) is 5.78 Å². The summed E-state index contributed by atoms with van der Waals surface area (Å²) in [4.78, 5) is 12.7. The van der Waals surface area contributed by atoms with Gasteiger partial charge in [0.2, 0.25) is 0 Å². The molecule has 0 bridgehead atoms. The van der Waals surface area contributed by atoms with Gasteiger partial charge >= 0.3 is 0 Å². The second-order valence-electron chi connectivity index (χ2n) is 5.42.